The Hall–Kier alpha value is -2.41. The number of hydrogen-bond donors (Lipinski definition) is 1. The number of rotatable bonds is 5. The Balaban J connectivity index is 1.71. The molecule has 7 heteroatoms. The number of aliphatic carboxylic acids is 1. The van der Waals surface area contributed by atoms with Crippen LogP contribution in [0.25, 0.3) is 11.5 Å². The number of carboxylic acid groups (broad SMARTS) is 1. The zero-order chi connectivity index (χ0) is 13.9. The van der Waals surface area contributed by atoms with Gasteiger partial charge in [-0.2, -0.15) is 0 Å². The number of nitrogens with zero attached hydrogens (tertiary/aromatic N) is 2. The van der Waals surface area contributed by atoms with Crippen LogP contribution in [0, 0.1) is 0 Å². The summed E-state index contributed by atoms with van der Waals surface area (Å²) < 4.78 is 15.7. The molecule has 0 radical (unpaired) electrons. The molecule has 1 aliphatic rings. The van der Waals surface area contributed by atoms with Gasteiger partial charge in [-0.1, -0.05) is 0 Å². The molecular formula is C13H12N2O5. The molecule has 20 heavy (non-hydrogen) atoms. The molecule has 2 aromatic rings. The largest absolute Gasteiger partial charge is 0.493 e. The molecule has 1 aliphatic heterocycles. The van der Waals surface area contributed by atoms with Crippen molar-refractivity contribution < 1.29 is 23.8 Å². The highest BCUT2D eigenvalue weighted by atomic mass is 16.5. The molecule has 0 amide bonds. The van der Waals surface area contributed by atoms with Gasteiger partial charge in [0.2, 0.25) is 11.8 Å². The summed E-state index contributed by atoms with van der Waals surface area (Å²) >= 11 is 0. The normalized spacial score (nSPS) is 13.0. The summed E-state index contributed by atoms with van der Waals surface area (Å²) in [6.45, 7) is 0.276. The van der Waals surface area contributed by atoms with E-state index < -0.39 is 12.6 Å². The van der Waals surface area contributed by atoms with Gasteiger partial charge in [-0.25, -0.2) is 4.79 Å². The summed E-state index contributed by atoms with van der Waals surface area (Å²) in [4.78, 5) is 10.3. The molecule has 0 aliphatic carbocycles. The first-order valence-corrected chi connectivity index (χ1v) is 6.10. The summed E-state index contributed by atoms with van der Waals surface area (Å²) in [6.07, 6.45) is 0.867. The Morgan fingerprint density at radius 1 is 1.40 bits per heavy atom. The van der Waals surface area contributed by atoms with Gasteiger partial charge >= 0.3 is 5.97 Å². The lowest BCUT2D eigenvalue weighted by Crippen LogP contribution is -2.06. The van der Waals surface area contributed by atoms with Crippen LogP contribution in [0.5, 0.6) is 5.75 Å². The second-order valence-corrected chi connectivity index (χ2v) is 4.31. The molecule has 0 spiro atoms. The predicted octanol–water partition coefficient (Wildman–Crippen LogP) is 1.27. The third-order valence-corrected chi connectivity index (χ3v) is 2.85. The van der Waals surface area contributed by atoms with Gasteiger partial charge < -0.3 is 19.0 Å². The van der Waals surface area contributed by atoms with Crippen molar-refractivity contribution in [2.24, 2.45) is 0 Å². The van der Waals surface area contributed by atoms with Crippen LogP contribution in [0.4, 0.5) is 0 Å². The van der Waals surface area contributed by atoms with Crippen LogP contribution in [0.15, 0.2) is 22.6 Å². The molecule has 0 bridgehead atoms. The Labute approximate surface area is 114 Å². The highest BCUT2D eigenvalue weighted by Crippen LogP contribution is 2.29. The third-order valence-electron chi connectivity index (χ3n) is 2.85. The topological polar surface area (TPSA) is 94.7 Å². The molecule has 1 aromatic heterocycles. The van der Waals surface area contributed by atoms with Crippen LogP contribution in [0.3, 0.4) is 0 Å². The second-order valence-electron chi connectivity index (χ2n) is 4.31. The average molecular weight is 276 g/mol. The van der Waals surface area contributed by atoms with Crippen LogP contribution >= 0.6 is 0 Å². The van der Waals surface area contributed by atoms with Crippen molar-refractivity contribution in [1.82, 2.24) is 10.2 Å². The van der Waals surface area contributed by atoms with Crippen molar-refractivity contribution in [3.63, 3.8) is 0 Å². The molecule has 2 heterocycles. The van der Waals surface area contributed by atoms with E-state index in [-0.39, 0.29) is 12.5 Å². The molecule has 104 valence electrons. The van der Waals surface area contributed by atoms with Crippen LogP contribution in [0.2, 0.25) is 0 Å². The Morgan fingerprint density at radius 2 is 2.30 bits per heavy atom. The van der Waals surface area contributed by atoms with Gasteiger partial charge in [0.15, 0.2) is 0 Å². The summed E-state index contributed by atoms with van der Waals surface area (Å²) in [5, 5.41) is 16.2. The molecule has 3 rings (SSSR count). The van der Waals surface area contributed by atoms with Crippen LogP contribution in [0.1, 0.15) is 11.5 Å². The van der Waals surface area contributed by atoms with E-state index in [9.17, 15) is 4.79 Å². The first kappa shape index (κ1) is 12.6. The molecule has 0 unspecified atom stereocenters. The number of benzene rings is 1. The summed E-state index contributed by atoms with van der Waals surface area (Å²) in [5.74, 6) is 0.480. The quantitative estimate of drug-likeness (QED) is 0.878. The van der Waals surface area contributed by atoms with Crippen molar-refractivity contribution in [1.29, 1.82) is 0 Å². The maximum absolute atomic E-state index is 10.3. The predicted molar refractivity (Wildman–Crippen MR) is 66.2 cm³/mol. The molecule has 0 atom stereocenters. The maximum Gasteiger partial charge on any atom is 0.329 e. The van der Waals surface area contributed by atoms with Gasteiger partial charge in [0.05, 0.1) is 6.61 Å². The van der Waals surface area contributed by atoms with Gasteiger partial charge in [-0.15, -0.1) is 10.2 Å². The minimum Gasteiger partial charge on any atom is -0.493 e. The highest BCUT2D eigenvalue weighted by Gasteiger charge is 2.15. The standard InChI is InChI=1S/C13H12N2O5/c16-12(17)7-18-6-11-14-15-13(20-11)9-1-2-10-8(5-9)3-4-19-10/h1-2,5H,3-4,6-7H2,(H,16,17). The number of carboxylic acids is 1. The molecule has 1 N–H and O–H groups in total. The van der Waals surface area contributed by atoms with E-state index in [4.69, 9.17) is 19.0 Å². The molecule has 0 saturated carbocycles. The maximum atomic E-state index is 10.3. The minimum absolute atomic E-state index is 0.0205. The highest BCUT2D eigenvalue weighted by molar-refractivity contribution is 5.68. The number of hydrogen-bond acceptors (Lipinski definition) is 6. The molecule has 7 nitrogen and oxygen atoms in total. The second kappa shape index (κ2) is 5.30. The van der Waals surface area contributed by atoms with Gasteiger partial charge in [0.25, 0.3) is 0 Å². The van der Waals surface area contributed by atoms with Gasteiger partial charge in [0.1, 0.15) is 19.0 Å². The van der Waals surface area contributed by atoms with E-state index in [1.54, 1.807) is 0 Å². The van der Waals surface area contributed by atoms with Crippen molar-refractivity contribution >= 4 is 5.97 Å². The van der Waals surface area contributed by atoms with Gasteiger partial charge in [-0.3, -0.25) is 0 Å². The molecular weight excluding hydrogens is 264 g/mol. The van der Waals surface area contributed by atoms with Crippen molar-refractivity contribution in [3.8, 4) is 17.2 Å². The van der Waals surface area contributed by atoms with Gasteiger partial charge in [0, 0.05) is 12.0 Å². The third kappa shape index (κ3) is 2.62. The van der Waals surface area contributed by atoms with Crippen LogP contribution < -0.4 is 4.74 Å². The molecule has 0 fully saturated rings. The lowest BCUT2D eigenvalue weighted by atomic mass is 10.1. The van der Waals surface area contributed by atoms with E-state index in [0.29, 0.717) is 12.5 Å². The lowest BCUT2D eigenvalue weighted by molar-refractivity contribution is -0.142. The van der Waals surface area contributed by atoms with E-state index in [1.165, 1.54) is 0 Å². The monoisotopic (exact) mass is 276 g/mol. The fourth-order valence-corrected chi connectivity index (χ4v) is 1.97. The SMILES string of the molecule is O=C(O)COCc1nnc(-c2ccc3c(c2)CCO3)o1. The zero-order valence-electron chi connectivity index (χ0n) is 10.5. The summed E-state index contributed by atoms with van der Waals surface area (Å²) in [6, 6.07) is 5.68. The summed E-state index contributed by atoms with van der Waals surface area (Å²) in [7, 11) is 0. The fourth-order valence-electron chi connectivity index (χ4n) is 1.97. The van der Waals surface area contributed by atoms with E-state index in [2.05, 4.69) is 10.2 Å². The number of carbonyl (C=O) groups is 1. The van der Waals surface area contributed by atoms with E-state index >= 15 is 0 Å². The molecule has 0 saturated heterocycles. The summed E-state index contributed by atoms with van der Waals surface area (Å²) in [5.41, 5.74) is 1.93. The average Bonchev–Trinajstić information content (AvgIpc) is 3.05. The number of fused-ring (bicyclic) bond motifs is 1. The van der Waals surface area contributed by atoms with E-state index in [0.717, 1.165) is 23.3 Å². The van der Waals surface area contributed by atoms with Crippen LogP contribution in [-0.2, 0) is 22.6 Å². The number of aromatic nitrogens is 2. The zero-order valence-corrected chi connectivity index (χ0v) is 10.5. The minimum atomic E-state index is -1.04. The first-order valence-electron chi connectivity index (χ1n) is 6.10. The first-order chi connectivity index (χ1) is 9.72. The smallest absolute Gasteiger partial charge is 0.329 e. The Morgan fingerprint density at radius 3 is 3.15 bits per heavy atom. The fraction of sp³-hybridized carbons (Fsp3) is 0.308. The molecule has 1 aromatic carbocycles. The van der Waals surface area contributed by atoms with Gasteiger partial charge in [-0.05, 0) is 23.8 Å². The number of ether oxygens (including phenoxy) is 2. The Bertz CT molecular complexity index is 637. The van der Waals surface area contributed by atoms with Crippen molar-refractivity contribution in [3.05, 3.63) is 29.7 Å². The van der Waals surface area contributed by atoms with Crippen LogP contribution in [-0.4, -0.2) is 34.5 Å². The lowest BCUT2D eigenvalue weighted by Gasteiger charge is -2.00. The van der Waals surface area contributed by atoms with Crippen molar-refractivity contribution in [2.45, 2.75) is 13.0 Å². The van der Waals surface area contributed by atoms with Crippen molar-refractivity contribution in [2.75, 3.05) is 13.2 Å². The van der Waals surface area contributed by atoms with E-state index in [1.807, 2.05) is 18.2 Å². The Kier molecular flexibility index (Phi) is 3.34.